The minimum absolute atomic E-state index is 1.00. The van der Waals surface area contributed by atoms with Crippen molar-refractivity contribution in [1.29, 1.82) is 0 Å². The van der Waals surface area contributed by atoms with E-state index in [4.69, 9.17) is 0 Å². The molecule has 0 aromatic rings. The first-order chi connectivity index (χ1) is 3.39. The minimum atomic E-state index is 1.00. The maximum absolute atomic E-state index is 4.07. The van der Waals surface area contributed by atoms with Crippen molar-refractivity contribution in [2.24, 2.45) is 0 Å². The molecule has 1 N–H and O–H groups in total. The van der Waals surface area contributed by atoms with E-state index >= 15 is 0 Å². The van der Waals surface area contributed by atoms with Gasteiger partial charge in [-0.25, -0.2) is 0 Å². The van der Waals surface area contributed by atoms with Crippen molar-refractivity contribution in [3.63, 3.8) is 0 Å². The van der Waals surface area contributed by atoms with Gasteiger partial charge >= 0.3 is 0 Å². The van der Waals surface area contributed by atoms with Crippen molar-refractivity contribution in [2.45, 2.75) is 0 Å². The van der Waals surface area contributed by atoms with Crippen LogP contribution >= 0.6 is 24.4 Å². The Hall–Kier alpha value is -0.0200. The van der Waals surface area contributed by atoms with Crippen molar-refractivity contribution < 1.29 is 0 Å². The molecule has 1 aliphatic rings. The summed E-state index contributed by atoms with van der Waals surface area (Å²) in [6.45, 7) is 0. The molecule has 0 fully saturated rings. The molecule has 0 bridgehead atoms. The Labute approximate surface area is 52.3 Å². The van der Waals surface area contributed by atoms with Gasteiger partial charge in [0, 0.05) is 12.4 Å². The van der Waals surface area contributed by atoms with E-state index in [1.54, 1.807) is 11.8 Å². The van der Waals surface area contributed by atoms with Crippen LogP contribution in [0.3, 0.4) is 0 Å². The second-order valence-corrected chi connectivity index (χ2v) is 2.80. The molecule has 0 aromatic carbocycles. The molecular formula is C4H5NS2. The highest BCUT2D eigenvalue weighted by Gasteiger charge is 1.88. The van der Waals surface area contributed by atoms with Gasteiger partial charge in [0.2, 0.25) is 0 Å². The molecule has 0 radical (unpaired) electrons. The zero-order valence-corrected chi connectivity index (χ0v) is 5.30. The molecule has 1 rings (SSSR count). The fourth-order valence-electron chi connectivity index (χ4n) is 0.296. The van der Waals surface area contributed by atoms with Gasteiger partial charge in [-0.2, -0.15) is 0 Å². The number of thioether (sulfide) groups is 1. The Morgan fingerprint density at radius 2 is 2.57 bits per heavy atom. The molecular weight excluding hydrogens is 126 g/mol. The topological polar surface area (TPSA) is 12.0 Å². The predicted octanol–water partition coefficient (Wildman–Crippen LogP) is 1.52. The summed E-state index contributed by atoms with van der Waals surface area (Å²) in [5.74, 6) is 0. The fourth-order valence-corrected chi connectivity index (χ4v) is 0.976. The Balaban J connectivity index is 2.50. The van der Waals surface area contributed by atoms with Gasteiger partial charge in [-0.15, -0.1) is 12.6 Å². The smallest absolute Gasteiger partial charge is 0.0574 e. The average molecular weight is 131 g/mol. The van der Waals surface area contributed by atoms with Gasteiger partial charge in [-0.05, 0) is 5.41 Å². The zero-order valence-electron chi connectivity index (χ0n) is 3.59. The van der Waals surface area contributed by atoms with Crippen molar-refractivity contribution in [3.05, 3.63) is 22.0 Å². The molecule has 0 aliphatic carbocycles. The third kappa shape index (κ3) is 1.49. The number of hydrogen-bond acceptors (Lipinski definition) is 3. The van der Waals surface area contributed by atoms with Crippen LogP contribution in [0.2, 0.25) is 0 Å². The van der Waals surface area contributed by atoms with E-state index in [1.165, 1.54) is 0 Å². The minimum Gasteiger partial charge on any atom is -0.366 e. The maximum Gasteiger partial charge on any atom is 0.0574 e. The molecule has 0 saturated carbocycles. The van der Waals surface area contributed by atoms with E-state index in [9.17, 15) is 0 Å². The highest BCUT2D eigenvalue weighted by atomic mass is 32.2. The molecule has 1 heterocycles. The van der Waals surface area contributed by atoms with E-state index in [0.29, 0.717) is 0 Å². The monoisotopic (exact) mass is 131 g/mol. The molecule has 1 aliphatic heterocycles. The Morgan fingerprint density at radius 3 is 2.86 bits per heavy atom. The number of nitrogens with one attached hydrogen (secondary N) is 1. The summed E-state index contributed by atoms with van der Waals surface area (Å²) in [5.41, 5.74) is 0. The van der Waals surface area contributed by atoms with Crippen molar-refractivity contribution in [3.8, 4) is 0 Å². The van der Waals surface area contributed by atoms with Gasteiger partial charge < -0.3 is 5.32 Å². The van der Waals surface area contributed by atoms with Crippen LogP contribution in [0.25, 0.3) is 0 Å². The van der Waals surface area contributed by atoms with Crippen LogP contribution in [0.5, 0.6) is 0 Å². The van der Waals surface area contributed by atoms with E-state index in [0.717, 1.165) is 4.24 Å². The number of rotatable bonds is 0. The Kier molecular flexibility index (Phi) is 1.70. The number of thiol groups is 1. The first-order valence-corrected chi connectivity index (χ1v) is 3.19. The van der Waals surface area contributed by atoms with Crippen LogP contribution in [0, 0.1) is 0 Å². The predicted molar refractivity (Wildman–Crippen MR) is 36.9 cm³/mol. The first-order valence-electron chi connectivity index (χ1n) is 1.86. The maximum atomic E-state index is 4.07. The van der Waals surface area contributed by atoms with E-state index in [1.807, 2.05) is 17.8 Å². The van der Waals surface area contributed by atoms with E-state index in [-0.39, 0.29) is 0 Å². The van der Waals surface area contributed by atoms with E-state index in [2.05, 4.69) is 17.9 Å². The van der Waals surface area contributed by atoms with Gasteiger partial charge in [0.15, 0.2) is 0 Å². The molecule has 0 saturated heterocycles. The van der Waals surface area contributed by atoms with Gasteiger partial charge in [0.25, 0.3) is 0 Å². The molecule has 0 atom stereocenters. The summed E-state index contributed by atoms with van der Waals surface area (Å²) < 4.78 is 1.00. The molecule has 7 heavy (non-hydrogen) atoms. The lowest BCUT2D eigenvalue weighted by atomic mass is 10.9. The second-order valence-electron chi connectivity index (χ2n) is 1.07. The number of hydrogen-bond donors (Lipinski definition) is 2. The van der Waals surface area contributed by atoms with Crippen LogP contribution in [0.4, 0.5) is 0 Å². The molecule has 0 unspecified atom stereocenters. The molecule has 0 aromatic heterocycles. The van der Waals surface area contributed by atoms with Gasteiger partial charge in [-0.3, -0.25) is 0 Å². The molecule has 38 valence electrons. The standard InChI is InChI=1S/C4H5NS2/c6-4-3-5-1-2-7-4/h1-3,5-6H. The first kappa shape index (κ1) is 5.12. The van der Waals surface area contributed by atoms with Crippen LogP contribution in [-0.2, 0) is 0 Å². The summed E-state index contributed by atoms with van der Waals surface area (Å²) in [4.78, 5) is 0. The van der Waals surface area contributed by atoms with Gasteiger partial charge in [-0.1, -0.05) is 11.8 Å². The van der Waals surface area contributed by atoms with Crippen LogP contribution in [0.1, 0.15) is 0 Å². The zero-order chi connectivity index (χ0) is 5.11. The Bertz CT molecular complexity index is 117. The summed E-state index contributed by atoms with van der Waals surface area (Å²) in [5, 5.41) is 4.84. The van der Waals surface area contributed by atoms with Crippen molar-refractivity contribution in [2.75, 3.05) is 0 Å². The molecule has 3 heteroatoms. The summed E-state index contributed by atoms with van der Waals surface area (Å²) >= 11 is 5.67. The normalized spacial score (nSPS) is 18.1. The third-order valence-corrected chi connectivity index (χ3v) is 1.64. The lowest BCUT2D eigenvalue weighted by molar-refractivity contribution is 1.20. The molecule has 0 spiro atoms. The quantitative estimate of drug-likeness (QED) is 0.483. The average Bonchev–Trinajstić information content (AvgIpc) is 1.69. The summed E-state index contributed by atoms with van der Waals surface area (Å²) in [6, 6.07) is 0. The Morgan fingerprint density at radius 1 is 1.71 bits per heavy atom. The van der Waals surface area contributed by atoms with Crippen LogP contribution < -0.4 is 5.32 Å². The van der Waals surface area contributed by atoms with Crippen LogP contribution in [0.15, 0.2) is 22.0 Å². The third-order valence-electron chi connectivity index (χ3n) is 0.560. The highest BCUT2D eigenvalue weighted by molar-refractivity contribution is 8.17. The lowest BCUT2D eigenvalue weighted by Crippen LogP contribution is -1.93. The summed E-state index contributed by atoms with van der Waals surface area (Å²) in [7, 11) is 0. The fraction of sp³-hybridized carbons (Fsp3) is 0. The summed E-state index contributed by atoms with van der Waals surface area (Å²) in [6.07, 6.45) is 3.71. The van der Waals surface area contributed by atoms with E-state index < -0.39 is 0 Å². The van der Waals surface area contributed by atoms with Crippen molar-refractivity contribution >= 4 is 24.4 Å². The van der Waals surface area contributed by atoms with Crippen LogP contribution in [-0.4, -0.2) is 0 Å². The highest BCUT2D eigenvalue weighted by Crippen LogP contribution is 2.20. The second kappa shape index (κ2) is 2.33. The van der Waals surface area contributed by atoms with Gasteiger partial charge in [0.1, 0.15) is 0 Å². The lowest BCUT2D eigenvalue weighted by Gasteiger charge is -1.99. The molecule has 0 amide bonds. The molecule has 1 nitrogen and oxygen atoms in total. The largest absolute Gasteiger partial charge is 0.366 e. The van der Waals surface area contributed by atoms with Gasteiger partial charge in [0.05, 0.1) is 4.24 Å². The van der Waals surface area contributed by atoms with Crippen molar-refractivity contribution in [1.82, 2.24) is 5.32 Å². The SMILES string of the molecule is SC1=CNC=CS1.